The van der Waals surface area contributed by atoms with Gasteiger partial charge in [-0.15, -0.1) is 0 Å². The summed E-state index contributed by atoms with van der Waals surface area (Å²) in [4.78, 5) is 0. The highest BCUT2D eigenvalue weighted by atomic mass is 16.5. The second-order valence-corrected chi connectivity index (χ2v) is 3.60. The molecular formula is C10H20O. The van der Waals surface area contributed by atoms with Crippen molar-refractivity contribution < 1.29 is 4.74 Å². The van der Waals surface area contributed by atoms with E-state index < -0.39 is 0 Å². The van der Waals surface area contributed by atoms with Crippen molar-refractivity contribution in [3.05, 3.63) is 0 Å². The second kappa shape index (κ2) is 4.76. The van der Waals surface area contributed by atoms with Crippen molar-refractivity contribution in [2.75, 3.05) is 6.61 Å². The molecule has 0 aromatic carbocycles. The van der Waals surface area contributed by atoms with Crippen molar-refractivity contribution in [1.29, 1.82) is 0 Å². The molecule has 1 fully saturated rings. The monoisotopic (exact) mass is 156 g/mol. The van der Waals surface area contributed by atoms with E-state index in [9.17, 15) is 0 Å². The molecule has 0 amide bonds. The van der Waals surface area contributed by atoms with E-state index in [0.29, 0.717) is 6.10 Å². The minimum absolute atomic E-state index is 0.542. The molecule has 0 aromatic heterocycles. The van der Waals surface area contributed by atoms with Gasteiger partial charge in [0.05, 0.1) is 6.10 Å². The third-order valence-electron chi connectivity index (χ3n) is 2.33. The molecule has 1 rings (SSSR count). The van der Waals surface area contributed by atoms with Gasteiger partial charge in [-0.3, -0.25) is 0 Å². The van der Waals surface area contributed by atoms with Crippen molar-refractivity contribution in [3.8, 4) is 0 Å². The van der Waals surface area contributed by atoms with Crippen LogP contribution in [-0.2, 0) is 4.74 Å². The maximum absolute atomic E-state index is 5.76. The molecule has 1 unspecified atom stereocenters. The summed E-state index contributed by atoms with van der Waals surface area (Å²) >= 11 is 0. The number of rotatable bonds is 6. The van der Waals surface area contributed by atoms with E-state index in [4.69, 9.17) is 4.74 Å². The van der Waals surface area contributed by atoms with Crippen LogP contribution >= 0.6 is 0 Å². The molecule has 0 saturated heterocycles. The molecule has 1 nitrogen and oxygen atoms in total. The van der Waals surface area contributed by atoms with E-state index >= 15 is 0 Å². The van der Waals surface area contributed by atoms with Crippen LogP contribution in [0.25, 0.3) is 0 Å². The number of ether oxygens (including phenoxy) is 1. The molecule has 1 saturated carbocycles. The molecule has 0 heterocycles. The first-order chi connectivity index (χ1) is 5.36. The van der Waals surface area contributed by atoms with Crippen LogP contribution in [0.15, 0.2) is 0 Å². The van der Waals surface area contributed by atoms with E-state index in [2.05, 4.69) is 13.8 Å². The molecule has 0 aromatic rings. The van der Waals surface area contributed by atoms with Gasteiger partial charge in [-0.2, -0.15) is 0 Å². The summed E-state index contributed by atoms with van der Waals surface area (Å²) in [6.07, 6.45) is 7.03. The second-order valence-electron chi connectivity index (χ2n) is 3.60. The largest absolute Gasteiger partial charge is 0.378 e. The zero-order valence-electron chi connectivity index (χ0n) is 7.81. The Bertz CT molecular complexity index is 97.0. The van der Waals surface area contributed by atoms with Gasteiger partial charge in [0, 0.05) is 6.61 Å². The summed E-state index contributed by atoms with van der Waals surface area (Å²) in [6, 6.07) is 0. The summed E-state index contributed by atoms with van der Waals surface area (Å²) in [5.41, 5.74) is 0. The first-order valence-electron chi connectivity index (χ1n) is 4.98. The molecular weight excluding hydrogens is 136 g/mol. The Morgan fingerprint density at radius 3 is 2.55 bits per heavy atom. The van der Waals surface area contributed by atoms with Gasteiger partial charge < -0.3 is 4.74 Å². The van der Waals surface area contributed by atoms with Gasteiger partial charge >= 0.3 is 0 Å². The van der Waals surface area contributed by atoms with Crippen LogP contribution in [0.1, 0.15) is 46.0 Å². The van der Waals surface area contributed by atoms with Crippen LogP contribution in [-0.4, -0.2) is 12.7 Å². The lowest BCUT2D eigenvalue weighted by atomic mass is 10.1. The summed E-state index contributed by atoms with van der Waals surface area (Å²) in [5, 5.41) is 0. The lowest BCUT2D eigenvalue weighted by molar-refractivity contribution is 0.0376. The Hall–Kier alpha value is -0.0400. The van der Waals surface area contributed by atoms with Crippen molar-refractivity contribution in [1.82, 2.24) is 0 Å². The zero-order chi connectivity index (χ0) is 8.10. The summed E-state index contributed by atoms with van der Waals surface area (Å²) in [7, 11) is 0. The molecule has 0 aliphatic heterocycles. The molecule has 1 atom stereocenters. The van der Waals surface area contributed by atoms with Gasteiger partial charge in [-0.25, -0.2) is 0 Å². The van der Waals surface area contributed by atoms with Crippen molar-refractivity contribution in [2.24, 2.45) is 5.92 Å². The Balaban J connectivity index is 1.98. The first-order valence-corrected chi connectivity index (χ1v) is 4.98. The minimum atomic E-state index is 0.542. The molecule has 11 heavy (non-hydrogen) atoms. The van der Waals surface area contributed by atoms with Crippen molar-refractivity contribution in [2.45, 2.75) is 52.1 Å². The van der Waals surface area contributed by atoms with E-state index in [1.165, 1.54) is 32.1 Å². The number of hydrogen-bond acceptors (Lipinski definition) is 1. The predicted molar refractivity (Wildman–Crippen MR) is 47.7 cm³/mol. The van der Waals surface area contributed by atoms with Crippen molar-refractivity contribution >= 4 is 0 Å². The molecule has 1 heteroatoms. The van der Waals surface area contributed by atoms with Gasteiger partial charge in [0.25, 0.3) is 0 Å². The fourth-order valence-electron chi connectivity index (χ4n) is 1.28. The molecule has 66 valence electrons. The SMILES string of the molecule is CCCC(CC)OCC1CC1. The Labute approximate surface area is 70.1 Å². The highest BCUT2D eigenvalue weighted by molar-refractivity contribution is 4.72. The summed E-state index contributed by atoms with van der Waals surface area (Å²) < 4.78 is 5.76. The zero-order valence-corrected chi connectivity index (χ0v) is 7.81. The van der Waals surface area contributed by atoms with Crippen LogP contribution in [0.5, 0.6) is 0 Å². The molecule has 1 aliphatic rings. The third-order valence-corrected chi connectivity index (χ3v) is 2.33. The maximum Gasteiger partial charge on any atom is 0.0572 e. The molecule has 0 N–H and O–H groups in total. The topological polar surface area (TPSA) is 9.23 Å². The van der Waals surface area contributed by atoms with Gasteiger partial charge in [-0.05, 0) is 31.6 Å². The Morgan fingerprint density at radius 2 is 2.09 bits per heavy atom. The fraction of sp³-hybridized carbons (Fsp3) is 1.00. The van der Waals surface area contributed by atoms with Crippen molar-refractivity contribution in [3.63, 3.8) is 0 Å². The van der Waals surface area contributed by atoms with Crippen LogP contribution in [0, 0.1) is 5.92 Å². The first kappa shape index (κ1) is 9.05. The van der Waals surface area contributed by atoms with Crippen LogP contribution in [0.4, 0.5) is 0 Å². The van der Waals surface area contributed by atoms with E-state index in [1.54, 1.807) is 0 Å². The van der Waals surface area contributed by atoms with E-state index in [1.807, 2.05) is 0 Å². The quantitative estimate of drug-likeness (QED) is 0.574. The molecule has 0 radical (unpaired) electrons. The smallest absolute Gasteiger partial charge is 0.0572 e. The van der Waals surface area contributed by atoms with Crippen LogP contribution in [0.3, 0.4) is 0 Å². The van der Waals surface area contributed by atoms with E-state index in [-0.39, 0.29) is 0 Å². The van der Waals surface area contributed by atoms with E-state index in [0.717, 1.165) is 12.5 Å². The fourth-order valence-corrected chi connectivity index (χ4v) is 1.28. The molecule has 1 aliphatic carbocycles. The Morgan fingerprint density at radius 1 is 1.36 bits per heavy atom. The lowest BCUT2D eigenvalue weighted by Crippen LogP contribution is -2.12. The predicted octanol–water partition coefficient (Wildman–Crippen LogP) is 2.99. The summed E-state index contributed by atoms with van der Waals surface area (Å²) in [6.45, 7) is 5.47. The normalized spacial score (nSPS) is 20.2. The highest BCUT2D eigenvalue weighted by Crippen LogP contribution is 2.29. The van der Waals surface area contributed by atoms with Crippen LogP contribution < -0.4 is 0 Å². The van der Waals surface area contributed by atoms with Gasteiger partial charge in [-0.1, -0.05) is 20.3 Å². The average Bonchev–Trinajstić information content (AvgIpc) is 2.81. The number of hydrogen-bond donors (Lipinski definition) is 0. The molecule has 0 bridgehead atoms. The Kier molecular flexibility index (Phi) is 3.92. The molecule has 0 spiro atoms. The van der Waals surface area contributed by atoms with Gasteiger partial charge in [0.2, 0.25) is 0 Å². The third kappa shape index (κ3) is 3.76. The van der Waals surface area contributed by atoms with Gasteiger partial charge in [0.1, 0.15) is 0 Å². The average molecular weight is 156 g/mol. The standard InChI is InChI=1S/C10H20O/c1-3-5-10(4-2)11-8-9-6-7-9/h9-10H,3-8H2,1-2H3. The van der Waals surface area contributed by atoms with Gasteiger partial charge in [0.15, 0.2) is 0 Å². The minimum Gasteiger partial charge on any atom is -0.378 e. The van der Waals surface area contributed by atoms with Crippen LogP contribution in [0.2, 0.25) is 0 Å². The maximum atomic E-state index is 5.76. The lowest BCUT2D eigenvalue weighted by Gasteiger charge is -2.14. The highest BCUT2D eigenvalue weighted by Gasteiger charge is 2.22. The summed E-state index contributed by atoms with van der Waals surface area (Å²) in [5.74, 6) is 0.918.